The number of halogens is 1. The Hall–Kier alpha value is -2.93. The van der Waals surface area contributed by atoms with Gasteiger partial charge in [-0.25, -0.2) is 0 Å². The molecular weight excluding hydrogens is 372 g/mol. The molecule has 0 saturated carbocycles. The van der Waals surface area contributed by atoms with Crippen molar-refractivity contribution < 1.29 is 19.2 Å². The molecule has 0 fully saturated rings. The topological polar surface area (TPSA) is 98.5 Å². The molecule has 2 rings (SSSR count). The number of hydrogen-bond donors (Lipinski definition) is 1. The molecule has 27 heavy (non-hydrogen) atoms. The molecule has 0 spiro atoms. The third-order valence-electron chi connectivity index (χ3n) is 3.86. The van der Waals surface area contributed by atoms with E-state index in [2.05, 4.69) is 5.32 Å². The maximum absolute atomic E-state index is 12.4. The Morgan fingerprint density at radius 1 is 1.11 bits per heavy atom. The van der Waals surface area contributed by atoms with Crippen LogP contribution in [0, 0.1) is 16.0 Å². The third-order valence-corrected chi connectivity index (χ3v) is 4.11. The van der Waals surface area contributed by atoms with Gasteiger partial charge in [-0.3, -0.25) is 19.7 Å². The van der Waals surface area contributed by atoms with E-state index in [-0.39, 0.29) is 11.6 Å². The Bertz CT molecular complexity index is 819. The first-order valence-corrected chi connectivity index (χ1v) is 8.62. The maximum Gasteiger partial charge on any atom is 0.314 e. The van der Waals surface area contributed by atoms with Crippen molar-refractivity contribution in [3.8, 4) is 0 Å². The van der Waals surface area contributed by atoms with Gasteiger partial charge in [-0.2, -0.15) is 0 Å². The van der Waals surface area contributed by atoms with Gasteiger partial charge in [-0.15, -0.1) is 0 Å². The number of rotatable bonds is 7. The second-order valence-corrected chi connectivity index (χ2v) is 6.67. The Kier molecular flexibility index (Phi) is 6.90. The van der Waals surface area contributed by atoms with Crippen LogP contribution in [0.15, 0.2) is 48.5 Å². The number of nitrogens with zero attached hydrogens (tertiary/aromatic N) is 1. The highest BCUT2D eigenvalue weighted by Crippen LogP contribution is 2.27. The van der Waals surface area contributed by atoms with E-state index >= 15 is 0 Å². The summed E-state index contributed by atoms with van der Waals surface area (Å²) in [6, 6.07) is 12.3. The molecule has 0 unspecified atom stereocenters. The molecule has 0 aliphatic carbocycles. The number of nitro benzene ring substituents is 1. The van der Waals surface area contributed by atoms with Crippen LogP contribution in [0.2, 0.25) is 5.02 Å². The molecule has 0 bridgehead atoms. The smallest absolute Gasteiger partial charge is 0.314 e. The predicted molar refractivity (Wildman–Crippen MR) is 102 cm³/mol. The normalized spacial score (nSPS) is 11.7. The number of hydrogen-bond acceptors (Lipinski definition) is 5. The van der Waals surface area contributed by atoms with Gasteiger partial charge < -0.3 is 10.1 Å². The second-order valence-electron chi connectivity index (χ2n) is 6.23. The Balaban J connectivity index is 1.95. The lowest BCUT2D eigenvalue weighted by atomic mass is 9.88. The second kappa shape index (κ2) is 9.14. The number of carbonyl (C=O) groups is 2. The Morgan fingerprint density at radius 3 is 2.22 bits per heavy atom. The summed E-state index contributed by atoms with van der Waals surface area (Å²) in [6.45, 7) is 3.32. The molecule has 0 saturated heterocycles. The zero-order valence-electron chi connectivity index (χ0n) is 14.8. The van der Waals surface area contributed by atoms with Gasteiger partial charge in [0, 0.05) is 22.8 Å². The molecule has 7 nitrogen and oxygen atoms in total. The van der Waals surface area contributed by atoms with Gasteiger partial charge in [0.2, 0.25) is 0 Å². The molecule has 0 heterocycles. The molecule has 142 valence electrons. The minimum absolute atomic E-state index is 0.0311. The minimum atomic E-state index is -0.532. The van der Waals surface area contributed by atoms with Gasteiger partial charge in [-0.1, -0.05) is 37.6 Å². The van der Waals surface area contributed by atoms with E-state index in [9.17, 15) is 19.7 Å². The van der Waals surface area contributed by atoms with Crippen molar-refractivity contribution in [2.75, 3.05) is 11.9 Å². The van der Waals surface area contributed by atoms with E-state index < -0.39 is 29.3 Å². The Labute approximate surface area is 161 Å². The van der Waals surface area contributed by atoms with Crippen LogP contribution < -0.4 is 5.32 Å². The van der Waals surface area contributed by atoms with E-state index in [1.54, 1.807) is 24.3 Å². The maximum atomic E-state index is 12.4. The van der Waals surface area contributed by atoms with Crippen molar-refractivity contribution in [2.24, 2.45) is 5.92 Å². The van der Waals surface area contributed by atoms with Crippen LogP contribution in [0.1, 0.15) is 25.3 Å². The number of benzene rings is 2. The van der Waals surface area contributed by atoms with Gasteiger partial charge in [0.05, 0.1) is 10.8 Å². The highest BCUT2D eigenvalue weighted by molar-refractivity contribution is 6.30. The first-order chi connectivity index (χ1) is 12.8. The number of amides is 1. The predicted octanol–water partition coefficient (Wildman–Crippen LogP) is 4.17. The Morgan fingerprint density at radius 2 is 1.70 bits per heavy atom. The van der Waals surface area contributed by atoms with Crippen LogP contribution in [0.4, 0.5) is 11.4 Å². The molecule has 2 aromatic rings. The van der Waals surface area contributed by atoms with Crippen LogP contribution in [0.25, 0.3) is 0 Å². The first kappa shape index (κ1) is 20.4. The standard InChI is InChI=1S/C19H19ClN2O5/c1-12(2)18(13-3-5-14(20)6-4-13)19(24)27-11-17(23)21-15-7-9-16(10-8-15)22(25)26/h3-10,12,18H,11H2,1-2H3,(H,21,23)/t18-/m0/s1. The van der Waals surface area contributed by atoms with Gasteiger partial charge >= 0.3 is 5.97 Å². The number of nitro groups is 1. The van der Waals surface area contributed by atoms with E-state index in [1.807, 2.05) is 13.8 Å². The molecule has 0 aromatic heterocycles. The van der Waals surface area contributed by atoms with Gasteiger partial charge in [-0.05, 0) is 35.7 Å². The van der Waals surface area contributed by atoms with Gasteiger partial charge in [0.1, 0.15) is 0 Å². The molecule has 0 aliphatic heterocycles. The molecular formula is C19H19ClN2O5. The highest BCUT2D eigenvalue weighted by atomic mass is 35.5. The molecule has 0 radical (unpaired) electrons. The van der Waals surface area contributed by atoms with Gasteiger partial charge in [0.15, 0.2) is 6.61 Å². The summed E-state index contributed by atoms with van der Waals surface area (Å²) in [5, 5.41) is 13.7. The van der Waals surface area contributed by atoms with E-state index in [1.165, 1.54) is 24.3 Å². The molecule has 8 heteroatoms. The van der Waals surface area contributed by atoms with Crippen LogP contribution in [0.3, 0.4) is 0 Å². The lowest BCUT2D eigenvalue weighted by molar-refractivity contribution is -0.384. The van der Waals surface area contributed by atoms with Crippen molar-refractivity contribution in [3.05, 3.63) is 69.2 Å². The zero-order chi connectivity index (χ0) is 20.0. The molecule has 1 atom stereocenters. The number of anilines is 1. The number of ether oxygens (including phenoxy) is 1. The van der Waals surface area contributed by atoms with Crippen LogP contribution >= 0.6 is 11.6 Å². The molecule has 2 aromatic carbocycles. The van der Waals surface area contributed by atoms with Crippen molar-refractivity contribution in [3.63, 3.8) is 0 Å². The third kappa shape index (κ3) is 5.79. The van der Waals surface area contributed by atoms with Crippen molar-refractivity contribution >= 4 is 34.9 Å². The van der Waals surface area contributed by atoms with Crippen LogP contribution in [-0.2, 0) is 14.3 Å². The van der Waals surface area contributed by atoms with Crippen molar-refractivity contribution in [2.45, 2.75) is 19.8 Å². The number of carbonyl (C=O) groups excluding carboxylic acids is 2. The SMILES string of the molecule is CC(C)[C@H](C(=O)OCC(=O)Nc1ccc([N+](=O)[O-])cc1)c1ccc(Cl)cc1. The zero-order valence-corrected chi connectivity index (χ0v) is 15.6. The number of non-ortho nitro benzene ring substituents is 1. The van der Waals surface area contributed by atoms with Crippen LogP contribution in [0.5, 0.6) is 0 Å². The van der Waals surface area contributed by atoms with Crippen LogP contribution in [-0.4, -0.2) is 23.4 Å². The molecule has 0 aliphatic rings. The van der Waals surface area contributed by atoms with Crippen molar-refractivity contribution in [1.29, 1.82) is 0 Å². The summed E-state index contributed by atoms with van der Waals surface area (Å²) in [5.74, 6) is -1.59. The largest absolute Gasteiger partial charge is 0.455 e. The summed E-state index contributed by atoms with van der Waals surface area (Å²) >= 11 is 5.88. The fourth-order valence-electron chi connectivity index (χ4n) is 2.55. The summed E-state index contributed by atoms with van der Waals surface area (Å²) < 4.78 is 5.15. The fourth-order valence-corrected chi connectivity index (χ4v) is 2.68. The first-order valence-electron chi connectivity index (χ1n) is 8.24. The lowest BCUT2D eigenvalue weighted by Gasteiger charge is -2.19. The van der Waals surface area contributed by atoms with E-state index in [0.29, 0.717) is 10.7 Å². The average Bonchev–Trinajstić information content (AvgIpc) is 2.62. The lowest BCUT2D eigenvalue weighted by Crippen LogP contribution is -2.26. The average molecular weight is 391 g/mol. The summed E-state index contributed by atoms with van der Waals surface area (Å²) in [5.41, 5.74) is 1.05. The highest BCUT2D eigenvalue weighted by Gasteiger charge is 2.26. The summed E-state index contributed by atoms with van der Waals surface area (Å²) in [7, 11) is 0. The van der Waals surface area contributed by atoms with E-state index in [0.717, 1.165) is 5.56 Å². The number of nitrogens with one attached hydrogen (secondary N) is 1. The van der Waals surface area contributed by atoms with Crippen molar-refractivity contribution in [1.82, 2.24) is 0 Å². The minimum Gasteiger partial charge on any atom is -0.455 e. The molecule has 1 amide bonds. The number of esters is 1. The monoisotopic (exact) mass is 390 g/mol. The molecule has 1 N–H and O–H groups in total. The summed E-state index contributed by atoms with van der Waals surface area (Å²) in [4.78, 5) is 34.5. The fraction of sp³-hybridized carbons (Fsp3) is 0.263. The summed E-state index contributed by atoms with van der Waals surface area (Å²) in [6.07, 6.45) is 0. The van der Waals surface area contributed by atoms with E-state index in [4.69, 9.17) is 16.3 Å². The van der Waals surface area contributed by atoms with Gasteiger partial charge in [0.25, 0.3) is 11.6 Å². The quantitative estimate of drug-likeness (QED) is 0.434.